The highest BCUT2D eigenvalue weighted by Crippen LogP contribution is 2.11. The van der Waals surface area contributed by atoms with Crippen molar-refractivity contribution in [2.75, 3.05) is 13.7 Å². The summed E-state index contributed by atoms with van der Waals surface area (Å²) in [5, 5.41) is 0. The molecule has 1 rings (SSSR count). The van der Waals surface area contributed by atoms with Crippen LogP contribution in [0.2, 0.25) is 0 Å². The molecule has 1 aromatic rings. The SMILES string of the molecule is C#CCCCC/C=C/COCc1ccc(OC)cc1. The van der Waals surface area contributed by atoms with E-state index in [2.05, 4.69) is 18.1 Å². The molecular weight excluding hydrogens is 236 g/mol. The Hall–Kier alpha value is -1.72. The van der Waals surface area contributed by atoms with E-state index in [1.165, 1.54) is 0 Å². The molecule has 0 spiro atoms. The highest BCUT2D eigenvalue weighted by Gasteiger charge is 1.93. The van der Waals surface area contributed by atoms with E-state index >= 15 is 0 Å². The second-order valence-electron chi connectivity index (χ2n) is 4.28. The normalized spacial score (nSPS) is 10.5. The minimum Gasteiger partial charge on any atom is -0.497 e. The first-order valence-electron chi connectivity index (χ1n) is 6.66. The summed E-state index contributed by atoms with van der Waals surface area (Å²) >= 11 is 0. The second-order valence-corrected chi connectivity index (χ2v) is 4.28. The number of hydrogen-bond acceptors (Lipinski definition) is 2. The molecule has 102 valence electrons. The predicted octanol–water partition coefficient (Wildman–Crippen LogP) is 3.96. The van der Waals surface area contributed by atoms with Crippen LogP contribution in [0.3, 0.4) is 0 Å². The maximum Gasteiger partial charge on any atom is 0.118 e. The Morgan fingerprint density at radius 1 is 1.16 bits per heavy atom. The third kappa shape index (κ3) is 7.33. The van der Waals surface area contributed by atoms with E-state index < -0.39 is 0 Å². The molecule has 0 bridgehead atoms. The number of benzene rings is 1. The van der Waals surface area contributed by atoms with E-state index in [1.807, 2.05) is 24.3 Å². The fourth-order valence-corrected chi connectivity index (χ4v) is 1.64. The second kappa shape index (κ2) is 10.2. The maximum atomic E-state index is 5.56. The molecule has 2 heteroatoms. The van der Waals surface area contributed by atoms with Crippen molar-refractivity contribution in [2.45, 2.75) is 32.3 Å². The lowest BCUT2D eigenvalue weighted by Crippen LogP contribution is -1.93. The van der Waals surface area contributed by atoms with Gasteiger partial charge >= 0.3 is 0 Å². The van der Waals surface area contributed by atoms with Crippen LogP contribution in [-0.4, -0.2) is 13.7 Å². The molecule has 0 aliphatic rings. The molecule has 0 N–H and O–H groups in total. The zero-order valence-electron chi connectivity index (χ0n) is 11.6. The molecule has 0 aromatic heterocycles. The monoisotopic (exact) mass is 258 g/mol. The Bertz CT molecular complexity index is 398. The van der Waals surface area contributed by atoms with Gasteiger partial charge in [0.05, 0.1) is 20.3 Å². The van der Waals surface area contributed by atoms with Gasteiger partial charge in [-0.05, 0) is 37.0 Å². The van der Waals surface area contributed by atoms with Crippen LogP contribution in [0.4, 0.5) is 0 Å². The first-order valence-corrected chi connectivity index (χ1v) is 6.66. The summed E-state index contributed by atoms with van der Waals surface area (Å²) in [7, 11) is 1.67. The van der Waals surface area contributed by atoms with Crippen molar-refractivity contribution in [1.29, 1.82) is 0 Å². The van der Waals surface area contributed by atoms with Crippen molar-refractivity contribution >= 4 is 0 Å². The van der Waals surface area contributed by atoms with Crippen LogP contribution in [-0.2, 0) is 11.3 Å². The Balaban J connectivity index is 2.06. The minimum absolute atomic E-state index is 0.630. The van der Waals surface area contributed by atoms with E-state index in [0.717, 1.165) is 37.0 Å². The van der Waals surface area contributed by atoms with Gasteiger partial charge in [0.15, 0.2) is 0 Å². The highest BCUT2D eigenvalue weighted by atomic mass is 16.5. The number of ether oxygens (including phenoxy) is 2. The lowest BCUT2D eigenvalue weighted by atomic mass is 10.2. The zero-order valence-corrected chi connectivity index (χ0v) is 11.6. The third-order valence-corrected chi connectivity index (χ3v) is 2.75. The van der Waals surface area contributed by atoms with Gasteiger partial charge in [-0.3, -0.25) is 0 Å². The molecule has 0 radical (unpaired) electrons. The summed E-state index contributed by atoms with van der Waals surface area (Å²) in [5.41, 5.74) is 1.16. The fourth-order valence-electron chi connectivity index (χ4n) is 1.64. The van der Waals surface area contributed by atoms with Crippen LogP contribution < -0.4 is 4.74 Å². The van der Waals surface area contributed by atoms with Gasteiger partial charge in [-0.25, -0.2) is 0 Å². The lowest BCUT2D eigenvalue weighted by molar-refractivity contribution is 0.148. The van der Waals surface area contributed by atoms with Gasteiger partial charge in [0.1, 0.15) is 5.75 Å². The number of allylic oxidation sites excluding steroid dienone is 1. The Kier molecular flexibility index (Phi) is 8.25. The predicted molar refractivity (Wildman–Crippen MR) is 79.1 cm³/mol. The van der Waals surface area contributed by atoms with E-state index in [9.17, 15) is 0 Å². The summed E-state index contributed by atoms with van der Waals surface area (Å²) in [6.45, 7) is 1.28. The molecule has 19 heavy (non-hydrogen) atoms. The Morgan fingerprint density at radius 2 is 1.95 bits per heavy atom. The minimum atomic E-state index is 0.630. The molecular formula is C17H22O2. The average molecular weight is 258 g/mol. The van der Waals surface area contributed by atoms with Crippen molar-refractivity contribution in [1.82, 2.24) is 0 Å². The topological polar surface area (TPSA) is 18.5 Å². The third-order valence-electron chi connectivity index (χ3n) is 2.75. The van der Waals surface area contributed by atoms with Gasteiger partial charge in [0.2, 0.25) is 0 Å². The smallest absolute Gasteiger partial charge is 0.118 e. The zero-order chi connectivity index (χ0) is 13.8. The molecule has 0 atom stereocenters. The van der Waals surface area contributed by atoms with Crippen LogP contribution in [0.1, 0.15) is 31.2 Å². The summed E-state index contributed by atoms with van der Waals surface area (Å²) in [6.07, 6.45) is 13.6. The molecule has 0 fully saturated rings. The average Bonchev–Trinajstić information content (AvgIpc) is 2.46. The molecule has 0 aliphatic carbocycles. The van der Waals surface area contributed by atoms with Gasteiger partial charge < -0.3 is 9.47 Å². The van der Waals surface area contributed by atoms with E-state index in [1.54, 1.807) is 7.11 Å². The van der Waals surface area contributed by atoms with Crippen molar-refractivity contribution in [2.24, 2.45) is 0 Å². The molecule has 0 heterocycles. The Morgan fingerprint density at radius 3 is 2.63 bits per heavy atom. The van der Waals surface area contributed by atoms with Gasteiger partial charge in [0, 0.05) is 6.42 Å². The summed E-state index contributed by atoms with van der Waals surface area (Å²) in [4.78, 5) is 0. The summed E-state index contributed by atoms with van der Waals surface area (Å²) in [5.74, 6) is 3.52. The summed E-state index contributed by atoms with van der Waals surface area (Å²) in [6, 6.07) is 7.92. The quantitative estimate of drug-likeness (QED) is 0.379. The largest absolute Gasteiger partial charge is 0.497 e. The van der Waals surface area contributed by atoms with Crippen LogP contribution in [0.15, 0.2) is 36.4 Å². The van der Waals surface area contributed by atoms with E-state index in [0.29, 0.717) is 13.2 Å². The van der Waals surface area contributed by atoms with Gasteiger partial charge in [-0.2, -0.15) is 0 Å². The van der Waals surface area contributed by atoms with Gasteiger partial charge in [-0.15, -0.1) is 12.3 Å². The lowest BCUT2D eigenvalue weighted by Gasteiger charge is -2.03. The van der Waals surface area contributed by atoms with Gasteiger partial charge in [0.25, 0.3) is 0 Å². The standard InChI is InChI=1S/C17H22O2/c1-3-4-5-6-7-8-9-14-19-15-16-10-12-17(18-2)13-11-16/h1,8-13H,4-7,14-15H2,2H3/b9-8+. The van der Waals surface area contributed by atoms with Crippen molar-refractivity contribution in [3.63, 3.8) is 0 Å². The molecule has 0 amide bonds. The number of methoxy groups -OCH3 is 1. The first kappa shape index (κ1) is 15.3. The van der Waals surface area contributed by atoms with Gasteiger partial charge in [-0.1, -0.05) is 24.3 Å². The molecule has 0 saturated carbocycles. The van der Waals surface area contributed by atoms with Crippen LogP contribution in [0.5, 0.6) is 5.75 Å². The molecule has 0 unspecified atom stereocenters. The molecule has 1 aromatic carbocycles. The van der Waals surface area contributed by atoms with Crippen molar-refractivity contribution in [3.05, 3.63) is 42.0 Å². The van der Waals surface area contributed by atoms with Crippen molar-refractivity contribution in [3.8, 4) is 18.1 Å². The van der Waals surface area contributed by atoms with Crippen molar-refractivity contribution < 1.29 is 9.47 Å². The fraction of sp³-hybridized carbons (Fsp3) is 0.412. The van der Waals surface area contributed by atoms with E-state index in [-0.39, 0.29) is 0 Å². The molecule has 2 nitrogen and oxygen atoms in total. The number of unbranched alkanes of at least 4 members (excludes halogenated alkanes) is 3. The Labute approximate surface area is 116 Å². The van der Waals surface area contributed by atoms with E-state index in [4.69, 9.17) is 15.9 Å². The number of rotatable bonds is 9. The molecule has 0 aliphatic heterocycles. The highest BCUT2D eigenvalue weighted by molar-refractivity contribution is 5.26. The van der Waals surface area contributed by atoms with Crippen LogP contribution in [0, 0.1) is 12.3 Å². The van der Waals surface area contributed by atoms with Crippen LogP contribution in [0.25, 0.3) is 0 Å². The first-order chi connectivity index (χ1) is 9.36. The summed E-state index contributed by atoms with van der Waals surface area (Å²) < 4.78 is 10.7. The molecule has 0 saturated heterocycles. The van der Waals surface area contributed by atoms with Crippen LogP contribution >= 0.6 is 0 Å². The number of hydrogen-bond donors (Lipinski definition) is 0. The maximum absolute atomic E-state index is 5.56. The number of terminal acetylenes is 1.